The summed E-state index contributed by atoms with van der Waals surface area (Å²) in [4.78, 5) is 23.8. The molecule has 0 unspecified atom stereocenters. The van der Waals surface area contributed by atoms with Crippen molar-refractivity contribution in [3.05, 3.63) is 35.4 Å². The predicted molar refractivity (Wildman–Crippen MR) is 52.0 cm³/mol. The van der Waals surface area contributed by atoms with Gasteiger partial charge < -0.3 is 4.90 Å². The molecule has 4 heteroatoms. The van der Waals surface area contributed by atoms with Crippen molar-refractivity contribution in [2.45, 2.75) is 6.54 Å². The zero-order valence-electron chi connectivity index (χ0n) is 7.37. The topological polar surface area (TPSA) is 37.4 Å². The number of rotatable bonds is 2. The lowest BCUT2D eigenvalue weighted by molar-refractivity contribution is -0.112. The van der Waals surface area contributed by atoms with Gasteiger partial charge in [0.1, 0.15) is 0 Å². The first-order chi connectivity index (χ1) is 6.68. The highest BCUT2D eigenvalue weighted by molar-refractivity contribution is 6.64. The third-order valence-corrected chi connectivity index (χ3v) is 2.33. The fourth-order valence-electron chi connectivity index (χ4n) is 1.59. The molecule has 1 amide bonds. The van der Waals surface area contributed by atoms with Gasteiger partial charge in [0.25, 0.3) is 5.91 Å². The van der Waals surface area contributed by atoms with Crippen molar-refractivity contribution in [3.8, 4) is 0 Å². The zero-order valence-corrected chi connectivity index (χ0v) is 8.12. The van der Waals surface area contributed by atoms with Gasteiger partial charge in [-0.2, -0.15) is 0 Å². The van der Waals surface area contributed by atoms with Gasteiger partial charge in [-0.05, 0) is 23.2 Å². The van der Waals surface area contributed by atoms with E-state index in [1.54, 1.807) is 6.07 Å². The second-order valence-electron chi connectivity index (χ2n) is 3.17. The van der Waals surface area contributed by atoms with Crippen molar-refractivity contribution in [3.63, 3.8) is 0 Å². The molecule has 0 aromatic heterocycles. The first-order valence-corrected chi connectivity index (χ1v) is 4.62. The molecule has 1 aliphatic rings. The number of benzene rings is 1. The summed E-state index contributed by atoms with van der Waals surface area (Å²) in [6, 6.07) is 7.32. The van der Waals surface area contributed by atoms with Crippen molar-refractivity contribution in [2.75, 3.05) is 6.54 Å². The van der Waals surface area contributed by atoms with Crippen molar-refractivity contribution in [1.82, 2.24) is 4.90 Å². The Labute approximate surface area is 86.3 Å². The van der Waals surface area contributed by atoms with E-state index in [1.165, 1.54) is 4.90 Å². The van der Waals surface area contributed by atoms with Crippen LogP contribution in [0.3, 0.4) is 0 Å². The van der Waals surface area contributed by atoms with Crippen LogP contribution in [0.5, 0.6) is 0 Å². The van der Waals surface area contributed by atoms with Crippen molar-refractivity contribution < 1.29 is 9.59 Å². The van der Waals surface area contributed by atoms with E-state index in [0.29, 0.717) is 12.1 Å². The minimum Gasteiger partial charge on any atom is -0.326 e. The van der Waals surface area contributed by atoms with Gasteiger partial charge in [0, 0.05) is 12.1 Å². The van der Waals surface area contributed by atoms with Crippen molar-refractivity contribution in [2.24, 2.45) is 0 Å². The quantitative estimate of drug-likeness (QED) is 0.691. The molecule has 1 aliphatic heterocycles. The summed E-state index contributed by atoms with van der Waals surface area (Å²) < 4.78 is 0. The SMILES string of the molecule is O=C(Cl)CN1Cc2ccccc2C1=O. The van der Waals surface area contributed by atoms with E-state index in [2.05, 4.69) is 0 Å². The van der Waals surface area contributed by atoms with Gasteiger partial charge in [0.15, 0.2) is 0 Å². The molecule has 1 heterocycles. The molecule has 0 fully saturated rings. The molecular weight excluding hydrogens is 202 g/mol. The highest BCUT2D eigenvalue weighted by Gasteiger charge is 2.27. The third kappa shape index (κ3) is 1.51. The molecular formula is C10H8ClNO2. The number of carbonyl (C=O) groups excluding carboxylic acids is 2. The maximum absolute atomic E-state index is 11.6. The van der Waals surface area contributed by atoms with Gasteiger partial charge >= 0.3 is 0 Å². The maximum atomic E-state index is 11.6. The van der Waals surface area contributed by atoms with Crippen LogP contribution in [-0.4, -0.2) is 22.6 Å². The van der Waals surface area contributed by atoms with Crippen molar-refractivity contribution in [1.29, 1.82) is 0 Å². The molecule has 1 aromatic carbocycles. The Balaban J connectivity index is 2.26. The summed E-state index contributed by atoms with van der Waals surface area (Å²) in [6.45, 7) is 0.461. The number of halogens is 1. The number of nitrogens with zero attached hydrogens (tertiary/aromatic N) is 1. The van der Waals surface area contributed by atoms with Crippen LogP contribution in [0, 0.1) is 0 Å². The Morgan fingerprint density at radius 3 is 2.79 bits per heavy atom. The summed E-state index contributed by atoms with van der Waals surface area (Å²) in [6.07, 6.45) is 0. The van der Waals surface area contributed by atoms with Crippen LogP contribution in [0.2, 0.25) is 0 Å². The first kappa shape index (κ1) is 9.21. The van der Waals surface area contributed by atoms with E-state index in [4.69, 9.17) is 11.6 Å². The fraction of sp³-hybridized carbons (Fsp3) is 0.200. The Hall–Kier alpha value is -1.35. The van der Waals surface area contributed by atoms with Crippen molar-refractivity contribution >= 4 is 22.8 Å². The minimum absolute atomic E-state index is 0.0188. The summed E-state index contributed by atoms with van der Waals surface area (Å²) in [5.74, 6) is -0.116. The van der Waals surface area contributed by atoms with E-state index in [0.717, 1.165) is 5.56 Å². The lowest BCUT2D eigenvalue weighted by Crippen LogP contribution is -2.28. The Kier molecular flexibility index (Phi) is 2.25. The van der Waals surface area contributed by atoms with E-state index in [-0.39, 0.29) is 12.5 Å². The Bertz CT molecular complexity index is 403. The Morgan fingerprint density at radius 2 is 2.14 bits per heavy atom. The summed E-state index contributed by atoms with van der Waals surface area (Å²) >= 11 is 5.23. The Morgan fingerprint density at radius 1 is 1.43 bits per heavy atom. The second kappa shape index (κ2) is 3.42. The summed E-state index contributed by atoms with van der Waals surface area (Å²) in [5, 5.41) is -0.508. The van der Waals surface area contributed by atoms with Crippen LogP contribution >= 0.6 is 11.6 Å². The van der Waals surface area contributed by atoms with Gasteiger partial charge in [-0.3, -0.25) is 9.59 Å². The van der Waals surface area contributed by atoms with E-state index >= 15 is 0 Å². The van der Waals surface area contributed by atoms with Gasteiger partial charge in [0.2, 0.25) is 5.24 Å². The molecule has 0 aliphatic carbocycles. The molecule has 0 saturated heterocycles. The maximum Gasteiger partial charge on any atom is 0.254 e. The zero-order chi connectivity index (χ0) is 10.1. The molecule has 0 atom stereocenters. The number of carbonyl (C=O) groups is 2. The van der Waals surface area contributed by atoms with Crippen LogP contribution in [0.4, 0.5) is 0 Å². The largest absolute Gasteiger partial charge is 0.326 e. The molecule has 0 radical (unpaired) electrons. The lowest BCUT2D eigenvalue weighted by atomic mass is 10.1. The van der Waals surface area contributed by atoms with E-state index in [9.17, 15) is 9.59 Å². The minimum atomic E-state index is -0.508. The van der Waals surface area contributed by atoms with Gasteiger partial charge in [-0.15, -0.1) is 0 Å². The predicted octanol–water partition coefficient (Wildman–Crippen LogP) is 1.41. The molecule has 3 nitrogen and oxygen atoms in total. The van der Waals surface area contributed by atoms with Crippen LogP contribution in [0.1, 0.15) is 15.9 Å². The number of amides is 1. The highest BCUT2D eigenvalue weighted by Crippen LogP contribution is 2.21. The monoisotopic (exact) mass is 209 g/mol. The van der Waals surface area contributed by atoms with Gasteiger partial charge in [-0.1, -0.05) is 18.2 Å². The van der Waals surface area contributed by atoms with Crippen LogP contribution in [0.25, 0.3) is 0 Å². The van der Waals surface area contributed by atoms with E-state index in [1.807, 2.05) is 18.2 Å². The summed E-state index contributed by atoms with van der Waals surface area (Å²) in [5.41, 5.74) is 1.63. The van der Waals surface area contributed by atoms with Crippen LogP contribution < -0.4 is 0 Å². The molecule has 0 spiro atoms. The number of hydrogen-bond acceptors (Lipinski definition) is 2. The molecule has 0 saturated carbocycles. The van der Waals surface area contributed by atoms with E-state index < -0.39 is 5.24 Å². The average molecular weight is 210 g/mol. The molecule has 0 N–H and O–H groups in total. The smallest absolute Gasteiger partial charge is 0.254 e. The number of fused-ring (bicyclic) bond motifs is 1. The first-order valence-electron chi connectivity index (χ1n) is 4.24. The normalized spacial score (nSPS) is 14.4. The standard InChI is InChI=1S/C10H8ClNO2/c11-9(13)6-12-5-7-3-1-2-4-8(7)10(12)14/h1-4H,5-6H2. The van der Waals surface area contributed by atoms with Crippen LogP contribution in [0.15, 0.2) is 24.3 Å². The van der Waals surface area contributed by atoms with Gasteiger partial charge in [0.05, 0.1) is 6.54 Å². The molecule has 2 rings (SSSR count). The van der Waals surface area contributed by atoms with Gasteiger partial charge in [-0.25, -0.2) is 0 Å². The fourth-order valence-corrected chi connectivity index (χ4v) is 1.74. The number of hydrogen-bond donors (Lipinski definition) is 0. The average Bonchev–Trinajstić information content (AvgIpc) is 2.44. The molecule has 0 bridgehead atoms. The molecule has 14 heavy (non-hydrogen) atoms. The third-order valence-electron chi connectivity index (χ3n) is 2.21. The molecule has 72 valence electrons. The lowest BCUT2D eigenvalue weighted by Gasteiger charge is -2.11. The second-order valence-corrected chi connectivity index (χ2v) is 3.60. The highest BCUT2D eigenvalue weighted by atomic mass is 35.5. The molecule has 1 aromatic rings. The summed E-state index contributed by atoms with van der Waals surface area (Å²) in [7, 11) is 0. The van der Waals surface area contributed by atoms with Crippen LogP contribution in [-0.2, 0) is 11.3 Å².